The monoisotopic (exact) mass is 387 g/mol. The standard InChI is InChI=1S/C15H21N3O7S/c1-10(2)14(15(19)20)16-12-4-3-11(18(21)22)9-13(12)26(23,24)17-5-7-25-8-6-17/h3-4,9-10,14,16H,5-8H2,1-2H3,(H,19,20)/t14-/m0/s1. The van der Waals surface area contributed by atoms with Crippen LogP contribution in [0.15, 0.2) is 23.1 Å². The van der Waals surface area contributed by atoms with Crippen molar-refractivity contribution in [2.45, 2.75) is 24.8 Å². The molecule has 1 heterocycles. The molecule has 1 atom stereocenters. The molecule has 0 radical (unpaired) electrons. The summed E-state index contributed by atoms with van der Waals surface area (Å²) < 4.78 is 32.2. The van der Waals surface area contributed by atoms with Crippen LogP contribution in [-0.2, 0) is 19.6 Å². The average molecular weight is 387 g/mol. The molecule has 1 aromatic rings. The number of morpholine rings is 1. The van der Waals surface area contributed by atoms with Crippen molar-refractivity contribution in [3.63, 3.8) is 0 Å². The molecule has 0 saturated carbocycles. The van der Waals surface area contributed by atoms with Gasteiger partial charge in [-0.15, -0.1) is 0 Å². The zero-order chi connectivity index (χ0) is 19.5. The number of carbonyl (C=O) groups is 1. The fourth-order valence-electron chi connectivity index (χ4n) is 2.56. The van der Waals surface area contributed by atoms with Gasteiger partial charge in [-0.25, -0.2) is 13.2 Å². The topological polar surface area (TPSA) is 139 Å². The number of rotatable bonds is 7. The summed E-state index contributed by atoms with van der Waals surface area (Å²) in [4.78, 5) is 21.5. The fraction of sp³-hybridized carbons (Fsp3) is 0.533. The van der Waals surface area contributed by atoms with E-state index in [4.69, 9.17) is 4.74 Å². The van der Waals surface area contributed by atoms with Gasteiger partial charge in [-0.05, 0) is 12.0 Å². The highest BCUT2D eigenvalue weighted by atomic mass is 32.2. The van der Waals surface area contributed by atoms with Gasteiger partial charge in [-0.2, -0.15) is 4.31 Å². The molecule has 0 spiro atoms. The van der Waals surface area contributed by atoms with Gasteiger partial charge in [-0.3, -0.25) is 10.1 Å². The van der Waals surface area contributed by atoms with Crippen LogP contribution < -0.4 is 5.32 Å². The maximum Gasteiger partial charge on any atom is 0.326 e. The first-order valence-electron chi connectivity index (χ1n) is 8.00. The van der Waals surface area contributed by atoms with Gasteiger partial charge in [-0.1, -0.05) is 13.8 Å². The number of carboxylic acid groups (broad SMARTS) is 1. The molecule has 1 aromatic carbocycles. The van der Waals surface area contributed by atoms with Crippen LogP contribution >= 0.6 is 0 Å². The Hall–Kier alpha value is -2.24. The number of benzene rings is 1. The van der Waals surface area contributed by atoms with E-state index in [9.17, 15) is 28.4 Å². The Labute approximate surface area is 151 Å². The second kappa shape index (κ2) is 7.98. The van der Waals surface area contributed by atoms with Crippen molar-refractivity contribution in [1.82, 2.24) is 4.31 Å². The van der Waals surface area contributed by atoms with Crippen LogP contribution in [0.4, 0.5) is 11.4 Å². The number of ether oxygens (including phenoxy) is 1. The average Bonchev–Trinajstić information content (AvgIpc) is 2.59. The summed E-state index contributed by atoms with van der Waals surface area (Å²) in [6.45, 7) is 4.04. The largest absolute Gasteiger partial charge is 0.480 e. The lowest BCUT2D eigenvalue weighted by molar-refractivity contribution is -0.385. The van der Waals surface area contributed by atoms with Gasteiger partial charge in [0.25, 0.3) is 5.69 Å². The van der Waals surface area contributed by atoms with Crippen LogP contribution in [0.5, 0.6) is 0 Å². The number of aliphatic carboxylic acids is 1. The van der Waals surface area contributed by atoms with Crippen molar-refractivity contribution >= 4 is 27.4 Å². The van der Waals surface area contributed by atoms with Gasteiger partial charge in [0.15, 0.2) is 0 Å². The Morgan fingerprint density at radius 1 is 1.35 bits per heavy atom. The lowest BCUT2D eigenvalue weighted by Crippen LogP contribution is -2.41. The molecular formula is C15H21N3O7S. The lowest BCUT2D eigenvalue weighted by atomic mass is 10.0. The minimum atomic E-state index is -4.05. The van der Waals surface area contributed by atoms with Crippen LogP contribution in [0.1, 0.15) is 13.8 Å². The number of anilines is 1. The SMILES string of the molecule is CC(C)[C@H](Nc1ccc([N+](=O)[O-])cc1S(=O)(=O)N1CCOCC1)C(=O)O. The molecule has 26 heavy (non-hydrogen) atoms. The van der Waals surface area contributed by atoms with Crippen LogP contribution in [0.3, 0.4) is 0 Å². The number of hydrogen-bond acceptors (Lipinski definition) is 7. The quantitative estimate of drug-likeness (QED) is 0.524. The molecular weight excluding hydrogens is 366 g/mol. The molecule has 10 nitrogen and oxygen atoms in total. The molecule has 1 aliphatic heterocycles. The molecule has 144 valence electrons. The third kappa shape index (κ3) is 4.29. The number of hydrogen-bond donors (Lipinski definition) is 2. The highest BCUT2D eigenvalue weighted by molar-refractivity contribution is 7.89. The lowest BCUT2D eigenvalue weighted by Gasteiger charge is -2.28. The first-order chi connectivity index (χ1) is 12.1. The highest BCUT2D eigenvalue weighted by Gasteiger charge is 2.32. The number of carboxylic acids is 1. The minimum Gasteiger partial charge on any atom is -0.480 e. The highest BCUT2D eigenvalue weighted by Crippen LogP contribution is 2.30. The number of nitrogens with zero attached hydrogens (tertiary/aromatic N) is 2. The molecule has 1 fully saturated rings. The van der Waals surface area contributed by atoms with E-state index in [-0.39, 0.29) is 48.5 Å². The maximum atomic E-state index is 13.0. The molecule has 0 aliphatic carbocycles. The predicted molar refractivity (Wildman–Crippen MR) is 92.6 cm³/mol. The number of sulfonamides is 1. The zero-order valence-electron chi connectivity index (χ0n) is 14.4. The number of nitro benzene ring substituents is 1. The third-order valence-electron chi connectivity index (χ3n) is 4.01. The van der Waals surface area contributed by atoms with Crippen molar-refractivity contribution in [2.75, 3.05) is 31.6 Å². The van der Waals surface area contributed by atoms with Crippen LogP contribution in [0, 0.1) is 16.0 Å². The van der Waals surface area contributed by atoms with Gasteiger partial charge in [0.2, 0.25) is 10.0 Å². The predicted octanol–water partition coefficient (Wildman–Crippen LogP) is 1.14. The van der Waals surface area contributed by atoms with E-state index in [0.717, 1.165) is 12.1 Å². The van der Waals surface area contributed by atoms with Crippen molar-refractivity contribution < 1.29 is 28.0 Å². The molecule has 1 saturated heterocycles. The Morgan fingerprint density at radius 3 is 2.46 bits per heavy atom. The summed E-state index contributed by atoms with van der Waals surface area (Å²) >= 11 is 0. The van der Waals surface area contributed by atoms with E-state index in [0.29, 0.717) is 0 Å². The Balaban J connectivity index is 2.51. The summed E-state index contributed by atoms with van der Waals surface area (Å²) in [5, 5.41) is 23.1. The van der Waals surface area contributed by atoms with Crippen molar-refractivity contribution in [3.8, 4) is 0 Å². The van der Waals surface area contributed by atoms with E-state index < -0.39 is 27.0 Å². The van der Waals surface area contributed by atoms with Crippen molar-refractivity contribution in [2.24, 2.45) is 5.92 Å². The first-order valence-corrected chi connectivity index (χ1v) is 9.44. The Morgan fingerprint density at radius 2 is 1.96 bits per heavy atom. The van der Waals surface area contributed by atoms with Gasteiger partial charge >= 0.3 is 5.97 Å². The summed E-state index contributed by atoms with van der Waals surface area (Å²) in [5.41, 5.74) is -0.373. The number of nitro groups is 1. The summed E-state index contributed by atoms with van der Waals surface area (Å²) in [6.07, 6.45) is 0. The smallest absolute Gasteiger partial charge is 0.326 e. The number of nitrogens with one attached hydrogen (secondary N) is 1. The summed E-state index contributed by atoms with van der Waals surface area (Å²) in [5.74, 6) is -1.48. The third-order valence-corrected chi connectivity index (χ3v) is 5.95. The van der Waals surface area contributed by atoms with Gasteiger partial charge in [0, 0.05) is 25.2 Å². The zero-order valence-corrected chi connectivity index (χ0v) is 15.2. The van der Waals surface area contributed by atoms with Gasteiger partial charge < -0.3 is 15.2 Å². The molecule has 0 unspecified atom stereocenters. The van der Waals surface area contributed by atoms with Gasteiger partial charge in [0.05, 0.1) is 23.8 Å². The molecule has 1 aliphatic rings. The minimum absolute atomic E-state index is 0.0168. The van der Waals surface area contributed by atoms with Crippen molar-refractivity contribution in [3.05, 3.63) is 28.3 Å². The first kappa shape index (κ1) is 20.1. The molecule has 0 aromatic heterocycles. The van der Waals surface area contributed by atoms with E-state index in [1.807, 2.05) is 0 Å². The second-order valence-electron chi connectivity index (χ2n) is 6.16. The molecule has 0 amide bonds. The molecule has 2 rings (SSSR count). The number of non-ortho nitro benzene ring substituents is 1. The van der Waals surface area contributed by atoms with Crippen molar-refractivity contribution in [1.29, 1.82) is 0 Å². The van der Waals surface area contributed by atoms with Gasteiger partial charge in [0.1, 0.15) is 10.9 Å². The summed E-state index contributed by atoms with van der Waals surface area (Å²) in [7, 11) is -4.05. The molecule has 11 heteroatoms. The van der Waals surface area contributed by atoms with E-state index in [1.54, 1.807) is 13.8 Å². The fourth-order valence-corrected chi connectivity index (χ4v) is 4.15. The Bertz CT molecular complexity index is 788. The van der Waals surface area contributed by atoms with Crippen LogP contribution in [-0.4, -0.2) is 61.1 Å². The Kier molecular flexibility index (Phi) is 6.16. The van der Waals surface area contributed by atoms with E-state index in [1.165, 1.54) is 10.4 Å². The summed E-state index contributed by atoms with van der Waals surface area (Å²) in [6, 6.07) is 2.27. The molecule has 2 N–H and O–H groups in total. The van der Waals surface area contributed by atoms with E-state index >= 15 is 0 Å². The normalized spacial score (nSPS) is 17.0. The van der Waals surface area contributed by atoms with E-state index in [2.05, 4.69) is 5.32 Å². The van der Waals surface area contributed by atoms with Crippen LogP contribution in [0.25, 0.3) is 0 Å². The second-order valence-corrected chi connectivity index (χ2v) is 8.06. The maximum absolute atomic E-state index is 13.0. The van der Waals surface area contributed by atoms with Crippen LogP contribution in [0.2, 0.25) is 0 Å². The molecule has 0 bridgehead atoms.